The number of hydrogen-bond donors (Lipinski definition) is 2. The van der Waals surface area contributed by atoms with Gasteiger partial charge < -0.3 is 15.6 Å². The number of aliphatic hydroxyl groups excluding tert-OH is 1. The van der Waals surface area contributed by atoms with Gasteiger partial charge in [-0.25, -0.2) is 0 Å². The van der Waals surface area contributed by atoms with Crippen LogP contribution in [0.15, 0.2) is 24.3 Å². The van der Waals surface area contributed by atoms with Crippen LogP contribution in [0.25, 0.3) is 0 Å². The topological polar surface area (TPSA) is 55.5 Å². The van der Waals surface area contributed by atoms with Gasteiger partial charge in [0.05, 0.1) is 6.61 Å². The summed E-state index contributed by atoms with van der Waals surface area (Å²) < 4.78 is 5.43. The van der Waals surface area contributed by atoms with Crippen molar-refractivity contribution < 1.29 is 9.84 Å². The van der Waals surface area contributed by atoms with Crippen molar-refractivity contribution >= 4 is 0 Å². The molecule has 1 unspecified atom stereocenters. The van der Waals surface area contributed by atoms with Crippen LogP contribution in [0, 0.1) is 0 Å². The Labute approximate surface area is 104 Å². The third kappa shape index (κ3) is 5.31. The molecule has 1 aromatic rings. The summed E-state index contributed by atoms with van der Waals surface area (Å²) in [6.07, 6.45) is 2.90. The van der Waals surface area contributed by atoms with Gasteiger partial charge in [0.2, 0.25) is 0 Å². The summed E-state index contributed by atoms with van der Waals surface area (Å²) in [4.78, 5) is 0. The van der Waals surface area contributed by atoms with Crippen LogP contribution in [0.4, 0.5) is 0 Å². The highest BCUT2D eigenvalue weighted by Crippen LogP contribution is 2.14. The molecule has 3 heteroatoms. The van der Waals surface area contributed by atoms with E-state index in [9.17, 15) is 5.11 Å². The molecule has 0 saturated carbocycles. The molecule has 1 atom stereocenters. The zero-order valence-corrected chi connectivity index (χ0v) is 10.6. The first-order valence-corrected chi connectivity index (χ1v) is 6.32. The Kier molecular flexibility index (Phi) is 6.86. The molecule has 0 fully saturated rings. The van der Waals surface area contributed by atoms with E-state index in [0.717, 1.165) is 24.2 Å². The van der Waals surface area contributed by atoms with E-state index in [0.29, 0.717) is 13.2 Å². The van der Waals surface area contributed by atoms with Gasteiger partial charge in [0.1, 0.15) is 6.10 Å². The maximum Gasteiger partial charge on any atom is 0.102 e. The SMILES string of the molecule is CCCCCOCC(O)c1ccc(CN)cc1. The molecular formula is C14H23NO2. The Morgan fingerprint density at radius 1 is 1.24 bits per heavy atom. The van der Waals surface area contributed by atoms with E-state index in [1.54, 1.807) is 0 Å². The Morgan fingerprint density at radius 3 is 2.53 bits per heavy atom. The minimum Gasteiger partial charge on any atom is -0.386 e. The lowest BCUT2D eigenvalue weighted by atomic mass is 10.1. The standard InChI is InChI=1S/C14H23NO2/c1-2-3-4-9-17-11-14(16)13-7-5-12(10-15)6-8-13/h5-8,14,16H,2-4,9-11,15H2,1H3. The average molecular weight is 237 g/mol. The molecule has 3 N–H and O–H groups in total. The number of benzene rings is 1. The maximum absolute atomic E-state index is 9.88. The van der Waals surface area contributed by atoms with E-state index in [4.69, 9.17) is 10.5 Å². The highest BCUT2D eigenvalue weighted by atomic mass is 16.5. The molecule has 0 spiro atoms. The van der Waals surface area contributed by atoms with Crippen molar-refractivity contribution in [3.05, 3.63) is 35.4 Å². The van der Waals surface area contributed by atoms with Gasteiger partial charge in [0.25, 0.3) is 0 Å². The van der Waals surface area contributed by atoms with Crippen molar-refractivity contribution in [1.82, 2.24) is 0 Å². The van der Waals surface area contributed by atoms with Gasteiger partial charge in [-0.15, -0.1) is 0 Å². The lowest BCUT2D eigenvalue weighted by Gasteiger charge is -2.12. The molecule has 0 aromatic heterocycles. The fraction of sp³-hybridized carbons (Fsp3) is 0.571. The van der Waals surface area contributed by atoms with Gasteiger partial charge in [0.15, 0.2) is 0 Å². The summed E-state index contributed by atoms with van der Waals surface area (Å²) in [5.74, 6) is 0. The second-order valence-corrected chi connectivity index (χ2v) is 4.24. The summed E-state index contributed by atoms with van der Waals surface area (Å²) in [7, 11) is 0. The number of ether oxygens (including phenoxy) is 1. The second-order valence-electron chi connectivity index (χ2n) is 4.24. The molecule has 0 saturated heterocycles. The lowest BCUT2D eigenvalue weighted by molar-refractivity contribution is 0.0345. The van der Waals surface area contributed by atoms with E-state index in [-0.39, 0.29) is 0 Å². The zero-order valence-electron chi connectivity index (χ0n) is 10.6. The molecule has 0 bridgehead atoms. The predicted molar refractivity (Wildman–Crippen MR) is 69.6 cm³/mol. The molecule has 0 heterocycles. The van der Waals surface area contributed by atoms with Crippen LogP contribution in [0.5, 0.6) is 0 Å². The highest BCUT2D eigenvalue weighted by molar-refractivity contribution is 5.23. The molecule has 3 nitrogen and oxygen atoms in total. The van der Waals surface area contributed by atoms with E-state index in [1.807, 2.05) is 24.3 Å². The van der Waals surface area contributed by atoms with Gasteiger partial charge in [-0.05, 0) is 17.5 Å². The van der Waals surface area contributed by atoms with Crippen molar-refractivity contribution in [2.45, 2.75) is 38.8 Å². The smallest absolute Gasteiger partial charge is 0.102 e. The zero-order chi connectivity index (χ0) is 12.5. The Morgan fingerprint density at radius 2 is 1.94 bits per heavy atom. The van der Waals surface area contributed by atoms with Gasteiger partial charge >= 0.3 is 0 Å². The number of hydrogen-bond acceptors (Lipinski definition) is 3. The minimum atomic E-state index is -0.538. The van der Waals surface area contributed by atoms with E-state index < -0.39 is 6.10 Å². The number of nitrogens with two attached hydrogens (primary N) is 1. The molecule has 0 amide bonds. The number of unbranched alkanes of at least 4 members (excludes halogenated alkanes) is 2. The minimum absolute atomic E-state index is 0.367. The molecule has 1 rings (SSSR count). The van der Waals surface area contributed by atoms with Gasteiger partial charge in [0, 0.05) is 13.2 Å². The molecule has 0 aliphatic rings. The number of rotatable bonds is 8. The van der Waals surface area contributed by atoms with Crippen LogP contribution in [0.3, 0.4) is 0 Å². The van der Waals surface area contributed by atoms with Crippen LogP contribution in [0.1, 0.15) is 43.4 Å². The lowest BCUT2D eigenvalue weighted by Crippen LogP contribution is -2.08. The fourth-order valence-electron chi connectivity index (χ4n) is 1.62. The Bertz CT molecular complexity index is 298. The first kappa shape index (κ1) is 14.2. The van der Waals surface area contributed by atoms with Crippen molar-refractivity contribution in [3.63, 3.8) is 0 Å². The molecule has 0 aliphatic carbocycles. The molecule has 96 valence electrons. The summed E-state index contributed by atoms with van der Waals surface area (Å²) in [5, 5.41) is 9.88. The van der Waals surface area contributed by atoms with Crippen molar-refractivity contribution in [2.75, 3.05) is 13.2 Å². The molecular weight excluding hydrogens is 214 g/mol. The molecule has 0 aliphatic heterocycles. The second kappa shape index (κ2) is 8.23. The maximum atomic E-state index is 9.88. The third-order valence-electron chi connectivity index (χ3n) is 2.77. The molecule has 0 radical (unpaired) electrons. The van der Waals surface area contributed by atoms with Crippen LogP contribution >= 0.6 is 0 Å². The van der Waals surface area contributed by atoms with E-state index >= 15 is 0 Å². The van der Waals surface area contributed by atoms with E-state index in [1.165, 1.54) is 12.8 Å². The third-order valence-corrected chi connectivity index (χ3v) is 2.77. The first-order chi connectivity index (χ1) is 8.27. The largest absolute Gasteiger partial charge is 0.386 e. The van der Waals surface area contributed by atoms with Gasteiger partial charge in [-0.2, -0.15) is 0 Å². The summed E-state index contributed by atoms with van der Waals surface area (Å²) in [6, 6.07) is 7.69. The van der Waals surface area contributed by atoms with Crippen LogP contribution in [-0.4, -0.2) is 18.3 Å². The molecule has 17 heavy (non-hydrogen) atoms. The Balaban J connectivity index is 2.28. The first-order valence-electron chi connectivity index (χ1n) is 6.32. The summed E-state index contributed by atoms with van der Waals surface area (Å²) in [6.45, 7) is 3.79. The summed E-state index contributed by atoms with van der Waals surface area (Å²) >= 11 is 0. The van der Waals surface area contributed by atoms with Crippen molar-refractivity contribution in [3.8, 4) is 0 Å². The van der Waals surface area contributed by atoms with E-state index in [2.05, 4.69) is 6.92 Å². The van der Waals surface area contributed by atoms with Gasteiger partial charge in [-0.1, -0.05) is 44.0 Å². The fourth-order valence-corrected chi connectivity index (χ4v) is 1.62. The predicted octanol–water partition coefficient (Wildman–Crippen LogP) is 2.39. The normalized spacial score (nSPS) is 12.6. The van der Waals surface area contributed by atoms with Crippen LogP contribution < -0.4 is 5.73 Å². The quantitative estimate of drug-likeness (QED) is 0.683. The monoisotopic (exact) mass is 237 g/mol. The molecule has 1 aromatic carbocycles. The summed E-state index contributed by atoms with van der Waals surface area (Å²) in [5.41, 5.74) is 7.48. The number of aliphatic hydroxyl groups is 1. The van der Waals surface area contributed by atoms with Crippen molar-refractivity contribution in [1.29, 1.82) is 0 Å². The van der Waals surface area contributed by atoms with Crippen LogP contribution in [-0.2, 0) is 11.3 Å². The van der Waals surface area contributed by atoms with Crippen molar-refractivity contribution in [2.24, 2.45) is 5.73 Å². The van der Waals surface area contributed by atoms with Gasteiger partial charge in [-0.3, -0.25) is 0 Å². The van der Waals surface area contributed by atoms with Crippen LogP contribution in [0.2, 0.25) is 0 Å². The average Bonchev–Trinajstić information content (AvgIpc) is 2.38. The Hall–Kier alpha value is -0.900. The highest BCUT2D eigenvalue weighted by Gasteiger charge is 2.06.